The number of aryl methyl sites for hydroxylation is 2. The summed E-state index contributed by atoms with van der Waals surface area (Å²) in [6.45, 7) is 6.36. The maximum absolute atomic E-state index is 2.24. The van der Waals surface area contributed by atoms with Crippen molar-refractivity contribution in [3.05, 3.63) is 65.2 Å². The smallest absolute Gasteiger partial charge is 0.0109 e. The Morgan fingerprint density at radius 1 is 0.882 bits per heavy atom. The molecule has 0 aliphatic rings. The van der Waals surface area contributed by atoms with Crippen LogP contribution in [0, 0.1) is 13.8 Å². The van der Waals surface area contributed by atoms with E-state index in [4.69, 9.17) is 0 Å². The first-order chi connectivity index (χ1) is 8.22. The van der Waals surface area contributed by atoms with Crippen molar-refractivity contribution in [3.63, 3.8) is 0 Å². The van der Waals surface area contributed by atoms with Crippen molar-refractivity contribution in [1.82, 2.24) is 0 Å². The van der Waals surface area contributed by atoms with Gasteiger partial charge in [0.1, 0.15) is 0 Å². The monoisotopic (exact) mass is 222 g/mol. The van der Waals surface area contributed by atoms with E-state index in [1.807, 2.05) is 0 Å². The second-order valence-corrected chi connectivity index (χ2v) is 4.41. The lowest BCUT2D eigenvalue weighted by Gasteiger charge is -2.10. The highest BCUT2D eigenvalue weighted by atomic mass is 14.1. The molecule has 0 saturated heterocycles. The molecule has 0 spiro atoms. The maximum atomic E-state index is 2.24. The Kier molecular flexibility index (Phi) is 3.43. The molecule has 0 saturated carbocycles. The van der Waals surface area contributed by atoms with Gasteiger partial charge in [-0.25, -0.2) is 0 Å². The van der Waals surface area contributed by atoms with E-state index in [9.17, 15) is 0 Å². The highest BCUT2D eigenvalue weighted by Gasteiger charge is 2.04. The van der Waals surface area contributed by atoms with Crippen molar-refractivity contribution in [2.75, 3.05) is 0 Å². The van der Waals surface area contributed by atoms with Crippen LogP contribution in [0.4, 0.5) is 0 Å². The van der Waals surface area contributed by atoms with Gasteiger partial charge in [0.2, 0.25) is 0 Å². The number of rotatable bonds is 2. The van der Waals surface area contributed by atoms with E-state index in [1.54, 1.807) is 0 Å². The maximum Gasteiger partial charge on any atom is -0.0109 e. The van der Waals surface area contributed by atoms with Crippen molar-refractivity contribution in [3.8, 4) is 11.1 Å². The first-order valence-corrected chi connectivity index (χ1v) is 6.01. The fraction of sp³-hybridized carbons (Fsp3) is 0.176. The number of hydrogen-bond donors (Lipinski definition) is 0. The van der Waals surface area contributed by atoms with E-state index >= 15 is 0 Å². The van der Waals surface area contributed by atoms with Crippen LogP contribution in [0.1, 0.15) is 23.6 Å². The summed E-state index contributed by atoms with van der Waals surface area (Å²) in [5.74, 6) is 0. The summed E-state index contributed by atoms with van der Waals surface area (Å²) in [4.78, 5) is 0. The standard InChI is InChI=1S/C17H18/c1-4-7-15-8-5-6-9-17(15)16-11-10-13(2)12-14(16)3/h4-12H,1-3H3/b7-4+. The fourth-order valence-electron chi connectivity index (χ4n) is 2.18. The predicted molar refractivity (Wildman–Crippen MR) is 76.1 cm³/mol. The minimum absolute atomic E-state index is 1.28. The van der Waals surface area contributed by atoms with Crippen molar-refractivity contribution in [2.24, 2.45) is 0 Å². The second kappa shape index (κ2) is 5.01. The molecule has 0 N–H and O–H groups in total. The van der Waals surface area contributed by atoms with E-state index in [0.29, 0.717) is 0 Å². The van der Waals surface area contributed by atoms with Crippen molar-refractivity contribution >= 4 is 6.08 Å². The van der Waals surface area contributed by atoms with Gasteiger partial charge in [-0.05, 0) is 43.0 Å². The van der Waals surface area contributed by atoms with Gasteiger partial charge in [0.15, 0.2) is 0 Å². The Bertz CT molecular complexity index is 548. The summed E-state index contributed by atoms with van der Waals surface area (Å²) < 4.78 is 0. The molecule has 0 aliphatic heterocycles. The van der Waals surface area contributed by atoms with Crippen LogP contribution in [-0.2, 0) is 0 Å². The highest BCUT2D eigenvalue weighted by Crippen LogP contribution is 2.28. The third-order valence-corrected chi connectivity index (χ3v) is 2.98. The van der Waals surface area contributed by atoms with Gasteiger partial charge < -0.3 is 0 Å². The molecule has 0 heterocycles. The zero-order valence-corrected chi connectivity index (χ0v) is 10.7. The first kappa shape index (κ1) is 11.7. The summed E-state index contributed by atoms with van der Waals surface area (Å²) in [6.07, 6.45) is 4.25. The molecule has 0 heteroatoms. The lowest BCUT2D eigenvalue weighted by Crippen LogP contribution is -1.87. The van der Waals surface area contributed by atoms with Crippen LogP contribution < -0.4 is 0 Å². The third kappa shape index (κ3) is 2.47. The van der Waals surface area contributed by atoms with E-state index in [2.05, 4.69) is 75.4 Å². The van der Waals surface area contributed by atoms with Crippen LogP contribution in [0.25, 0.3) is 17.2 Å². The zero-order chi connectivity index (χ0) is 12.3. The average molecular weight is 222 g/mol. The van der Waals surface area contributed by atoms with E-state index < -0.39 is 0 Å². The SMILES string of the molecule is C/C=C/c1ccccc1-c1ccc(C)cc1C. The molecule has 0 atom stereocenters. The van der Waals surface area contributed by atoms with Crippen LogP contribution in [0.15, 0.2) is 48.5 Å². The zero-order valence-electron chi connectivity index (χ0n) is 10.7. The minimum atomic E-state index is 1.28. The summed E-state index contributed by atoms with van der Waals surface area (Å²) in [5, 5.41) is 0. The molecule has 86 valence electrons. The molecule has 2 aromatic rings. The largest absolute Gasteiger partial charge is 0.0870 e. The average Bonchev–Trinajstić information content (AvgIpc) is 2.31. The summed E-state index contributed by atoms with van der Waals surface area (Å²) in [5.41, 5.74) is 6.56. The van der Waals surface area contributed by atoms with Gasteiger partial charge in [0.05, 0.1) is 0 Å². The van der Waals surface area contributed by atoms with Gasteiger partial charge in [-0.3, -0.25) is 0 Å². The van der Waals surface area contributed by atoms with E-state index in [-0.39, 0.29) is 0 Å². The Hall–Kier alpha value is -1.82. The second-order valence-electron chi connectivity index (χ2n) is 4.41. The minimum Gasteiger partial charge on any atom is -0.0870 e. The molecule has 0 amide bonds. The summed E-state index contributed by atoms with van der Waals surface area (Å²) in [7, 11) is 0. The number of benzene rings is 2. The quantitative estimate of drug-likeness (QED) is 0.670. The van der Waals surface area contributed by atoms with Crippen LogP contribution in [0.5, 0.6) is 0 Å². The van der Waals surface area contributed by atoms with Gasteiger partial charge >= 0.3 is 0 Å². The Morgan fingerprint density at radius 2 is 1.65 bits per heavy atom. The van der Waals surface area contributed by atoms with Crippen LogP contribution in [0.3, 0.4) is 0 Å². The molecule has 0 aliphatic carbocycles. The summed E-state index contributed by atoms with van der Waals surface area (Å²) >= 11 is 0. The molecule has 2 aromatic carbocycles. The summed E-state index contributed by atoms with van der Waals surface area (Å²) in [6, 6.07) is 15.2. The molecule has 2 rings (SSSR count). The lowest BCUT2D eigenvalue weighted by molar-refractivity contribution is 1.38. The normalized spacial score (nSPS) is 11.0. The van der Waals surface area contributed by atoms with Gasteiger partial charge in [0, 0.05) is 0 Å². The fourth-order valence-corrected chi connectivity index (χ4v) is 2.18. The van der Waals surface area contributed by atoms with Crippen molar-refractivity contribution in [2.45, 2.75) is 20.8 Å². The van der Waals surface area contributed by atoms with Crippen LogP contribution in [0.2, 0.25) is 0 Å². The Morgan fingerprint density at radius 3 is 2.35 bits per heavy atom. The topological polar surface area (TPSA) is 0 Å². The van der Waals surface area contributed by atoms with Gasteiger partial charge in [-0.1, -0.05) is 60.2 Å². The molecular weight excluding hydrogens is 204 g/mol. The van der Waals surface area contributed by atoms with E-state index in [0.717, 1.165) is 0 Å². The predicted octanol–water partition coefficient (Wildman–Crippen LogP) is 5.00. The van der Waals surface area contributed by atoms with Crippen LogP contribution >= 0.6 is 0 Å². The van der Waals surface area contributed by atoms with Gasteiger partial charge in [-0.2, -0.15) is 0 Å². The van der Waals surface area contributed by atoms with Crippen LogP contribution in [-0.4, -0.2) is 0 Å². The molecule has 17 heavy (non-hydrogen) atoms. The van der Waals surface area contributed by atoms with Crippen molar-refractivity contribution in [1.29, 1.82) is 0 Å². The molecule has 0 aromatic heterocycles. The Labute approximate surface area is 104 Å². The van der Waals surface area contributed by atoms with E-state index in [1.165, 1.54) is 27.8 Å². The van der Waals surface area contributed by atoms with Gasteiger partial charge in [0.25, 0.3) is 0 Å². The number of hydrogen-bond acceptors (Lipinski definition) is 0. The molecule has 0 nitrogen and oxygen atoms in total. The number of allylic oxidation sites excluding steroid dienone is 1. The Balaban J connectivity index is 2.60. The highest BCUT2D eigenvalue weighted by molar-refractivity contribution is 5.77. The first-order valence-electron chi connectivity index (χ1n) is 6.01. The van der Waals surface area contributed by atoms with Gasteiger partial charge in [-0.15, -0.1) is 0 Å². The van der Waals surface area contributed by atoms with Crippen molar-refractivity contribution < 1.29 is 0 Å². The molecule has 0 fully saturated rings. The molecule has 0 unspecified atom stereocenters. The molecule has 0 bridgehead atoms. The lowest BCUT2D eigenvalue weighted by atomic mass is 9.95. The molecule has 0 radical (unpaired) electrons. The molecular formula is C17H18. The third-order valence-electron chi connectivity index (χ3n) is 2.98.